The molecule has 0 radical (unpaired) electrons. The van der Waals surface area contributed by atoms with Crippen molar-refractivity contribution in [2.75, 3.05) is 6.54 Å². The maximum Gasteiger partial charge on any atom is 0.285 e. The number of carbonyl (C=O) groups is 6. The summed E-state index contributed by atoms with van der Waals surface area (Å²) in [6, 6.07) is -1.51. The van der Waals surface area contributed by atoms with Crippen molar-refractivity contribution < 1.29 is 28.8 Å². The van der Waals surface area contributed by atoms with Gasteiger partial charge in [0.15, 0.2) is 11.6 Å². The van der Waals surface area contributed by atoms with Crippen molar-refractivity contribution in [3.8, 4) is 0 Å². The van der Waals surface area contributed by atoms with Gasteiger partial charge in [0, 0.05) is 49.0 Å². The van der Waals surface area contributed by atoms with Gasteiger partial charge in [-0.1, -0.05) is 79.6 Å². The van der Waals surface area contributed by atoms with Crippen LogP contribution in [0, 0.1) is 45.3 Å². The van der Waals surface area contributed by atoms with Gasteiger partial charge >= 0.3 is 0 Å². The Morgan fingerprint density at radius 3 is 2.08 bits per heavy atom. The molecule has 4 saturated carbocycles. The van der Waals surface area contributed by atoms with Crippen LogP contribution in [0.4, 0.5) is 0 Å². The molecule has 52 heavy (non-hydrogen) atoms. The van der Waals surface area contributed by atoms with Gasteiger partial charge in [0.25, 0.3) is 11.8 Å². The summed E-state index contributed by atoms with van der Waals surface area (Å²) in [7, 11) is 0. The lowest BCUT2D eigenvalue weighted by Crippen LogP contribution is -2.51. The molecule has 1 saturated heterocycles. The zero-order valence-corrected chi connectivity index (χ0v) is 31.9. The van der Waals surface area contributed by atoms with E-state index in [1.54, 1.807) is 4.90 Å². The van der Waals surface area contributed by atoms with Crippen LogP contribution in [0.5, 0.6) is 0 Å². The number of primary amides is 1. The largest absolute Gasteiger partial charge is 0.363 e. The molecule has 6 rings (SSSR count). The van der Waals surface area contributed by atoms with Crippen LogP contribution in [0.25, 0.3) is 0 Å². The highest BCUT2D eigenvalue weighted by Crippen LogP contribution is 2.88. The number of likely N-dealkylation sites (tertiary alicyclic amines) is 1. The molecule has 4 aliphatic carbocycles. The predicted octanol–water partition coefficient (Wildman–Crippen LogP) is 5.39. The fraction of sp³-hybridized carbons (Fsp3) is 0.756. The van der Waals surface area contributed by atoms with E-state index < -0.39 is 46.9 Å². The number of fused-ring (bicyclic) bond motifs is 1. The maximum absolute atomic E-state index is 15.1. The molecule has 11 heteroatoms. The van der Waals surface area contributed by atoms with E-state index in [1.165, 1.54) is 18.7 Å². The molecule has 5 aliphatic rings. The van der Waals surface area contributed by atoms with E-state index in [0.717, 1.165) is 70.6 Å². The maximum atomic E-state index is 15.1. The van der Waals surface area contributed by atoms with Crippen molar-refractivity contribution in [2.45, 2.75) is 143 Å². The molecule has 1 aromatic heterocycles. The summed E-state index contributed by atoms with van der Waals surface area (Å²) >= 11 is 0. The molecule has 5 atom stereocenters. The Balaban J connectivity index is 1.28. The standard InChI is InChI=1S/C41H59N5O6/c1-38(2,3)29(19-32(48)33(26-13-7-6-8-14-26)45-36(51)28-21-43-24-44-22-28)37(52)46-23-41(39(4,5)40(41)15-10-16-40)20-30(46)31(47)18-27(34(49)35(42)50)17-25-11-9-12-25/h21-22,24-27,29-30,33H,6-20,23H2,1-5H3,(H2,42,50)(H,45,51)/t27?,29-,30+,33+,41-/m1/s1. The van der Waals surface area contributed by atoms with Crippen molar-refractivity contribution >= 4 is 35.1 Å². The SMILES string of the molecule is CC(C)(C)[C@H](CC(=O)[C@@H](NC(=O)c1cncnc1)C1CCCCC1)C(=O)N1C[C@]2(C[C@H]1C(=O)CC(CC1CCC1)C(=O)C(N)=O)C(C)(C)C21CCC1. The second-order valence-electron chi connectivity index (χ2n) is 18.5. The van der Waals surface area contributed by atoms with Gasteiger partial charge in [0.2, 0.25) is 11.7 Å². The first-order chi connectivity index (χ1) is 24.5. The second kappa shape index (κ2) is 14.4. The molecular weight excluding hydrogens is 658 g/mol. The number of ketones is 3. The summed E-state index contributed by atoms with van der Waals surface area (Å²) in [4.78, 5) is 92.1. The highest BCUT2D eigenvalue weighted by molar-refractivity contribution is 6.36. The number of rotatable bonds is 14. The van der Waals surface area contributed by atoms with Gasteiger partial charge in [-0.2, -0.15) is 0 Å². The van der Waals surface area contributed by atoms with Gasteiger partial charge in [-0.3, -0.25) is 28.8 Å². The molecule has 0 bridgehead atoms. The molecule has 1 unspecified atom stereocenters. The van der Waals surface area contributed by atoms with Crippen LogP contribution in [-0.2, 0) is 24.0 Å². The average Bonchev–Trinajstić information content (AvgIpc) is 3.28. The van der Waals surface area contributed by atoms with Crippen LogP contribution in [0.1, 0.15) is 141 Å². The number of Topliss-reactive ketones (excluding diaryl/α,β-unsaturated/α-hetero) is 3. The fourth-order valence-electron chi connectivity index (χ4n) is 11.0. The minimum Gasteiger partial charge on any atom is -0.363 e. The summed E-state index contributed by atoms with van der Waals surface area (Å²) in [5.41, 5.74) is 4.88. The molecular formula is C41H59N5O6. The molecule has 1 aromatic rings. The Morgan fingerprint density at radius 2 is 1.56 bits per heavy atom. The zero-order valence-electron chi connectivity index (χ0n) is 31.9. The third-order valence-corrected chi connectivity index (χ3v) is 14.7. The summed E-state index contributed by atoms with van der Waals surface area (Å²) in [5, 5.41) is 3.00. The molecule has 284 valence electrons. The lowest BCUT2D eigenvalue weighted by atomic mass is 9.73. The van der Waals surface area contributed by atoms with Crippen LogP contribution in [0.2, 0.25) is 0 Å². The van der Waals surface area contributed by atoms with Crippen molar-refractivity contribution in [2.24, 2.45) is 51.1 Å². The van der Waals surface area contributed by atoms with Crippen LogP contribution in [0.3, 0.4) is 0 Å². The number of aromatic nitrogens is 2. The summed E-state index contributed by atoms with van der Waals surface area (Å²) < 4.78 is 0. The van der Waals surface area contributed by atoms with Crippen LogP contribution in [-0.4, -0.2) is 68.6 Å². The van der Waals surface area contributed by atoms with Gasteiger partial charge in [-0.15, -0.1) is 0 Å². The molecule has 2 spiro atoms. The predicted molar refractivity (Wildman–Crippen MR) is 194 cm³/mol. The van der Waals surface area contributed by atoms with E-state index in [9.17, 15) is 24.0 Å². The molecule has 3 N–H and O–H groups in total. The number of carbonyl (C=O) groups excluding carboxylic acids is 6. The Morgan fingerprint density at radius 1 is 0.904 bits per heavy atom. The highest BCUT2D eigenvalue weighted by Gasteiger charge is 2.85. The van der Waals surface area contributed by atoms with Gasteiger partial charge in [-0.05, 0) is 66.6 Å². The first kappa shape index (κ1) is 38.2. The molecule has 1 aliphatic heterocycles. The first-order valence-electron chi connectivity index (χ1n) is 19.8. The van der Waals surface area contributed by atoms with Crippen LogP contribution < -0.4 is 11.1 Å². The molecule has 3 amide bonds. The van der Waals surface area contributed by atoms with E-state index >= 15 is 4.79 Å². The van der Waals surface area contributed by atoms with Crippen molar-refractivity contribution in [1.29, 1.82) is 0 Å². The van der Waals surface area contributed by atoms with Crippen LogP contribution >= 0.6 is 0 Å². The number of nitrogens with two attached hydrogens (primary N) is 1. The van der Waals surface area contributed by atoms with E-state index in [-0.39, 0.29) is 64.0 Å². The van der Waals surface area contributed by atoms with Crippen molar-refractivity contribution in [1.82, 2.24) is 20.2 Å². The lowest BCUT2D eigenvalue weighted by Gasteiger charge is -2.37. The normalized spacial score (nSPS) is 26.9. The highest BCUT2D eigenvalue weighted by atomic mass is 16.2. The van der Waals surface area contributed by atoms with Crippen LogP contribution in [0.15, 0.2) is 18.7 Å². The summed E-state index contributed by atoms with van der Waals surface area (Å²) in [6.07, 6.45) is 15.9. The minimum absolute atomic E-state index is 0.0453. The van der Waals surface area contributed by atoms with E-state index in [1.807, 2.05) is 20.8 Å². The third kappa shape index (κ3) is 6.74. The lowest BCUT2D eigenvalue weighted by molar-refractivity contribution is -0.147. The number of hydrogen-bond acceptors (Lipinski definition) is 8. The second-order valence-corrected chi connectivity index (χ2v) is 18.5. The fourth-order valence-corrected chi connectivity index (χ4v) is 11.0. The van der Waals surface area contributed by atoms with Gasteiger partial charge in [0.05, 0.1) is 17.6 Å². The first-order valence-corrected chi connectivity index (χ1v) is 19.8. The summed E-state index contributed by atoms with van der Waals surface area (Å²) in [5.74, 6) is -4.04. The molecule has 0 aromatic carbocycles. The van der Waals surface area contributed by atoms with Crippen molar-refractivity contribution in [3.63, 3.8) is 0 Å². The van der Waals surface area contributed by atoms with Crippen molar-refractivity contribution in [3.05, 3.63) is 24.3 Å². The van der Waals surface area contributed by atoms with Gasteiger partial charge in [0.1, 0.15) is 6.33 Å². The van der Waals surface area contributed by atoms with E-state index in [0.29, 0.717) is 19.4 Å². The number of nitrogens with zero attached hydrogens (tertiary/aromatic N) is 3. The topological polar surface area (TPSA) is 169 Å². The Kier molecular flexibility index (Phi) is 10.6. The molecule has 2 heterocycles. The summed E-state index contributed by atoms with van der Waals surface area (Å²) in [6.45, 7) is 10.8. The quantitative estimate of drug-likeness (QED) is 0.241. The molecule has 11 nitrogen and oxygen atoms in total. The van der Waals surface area contributed by atoms with Gasteiger partial charge < -0.3 is 16.0 Å². The number of hydrogen-bond donors (Lipinski definition) is 2. The van der Waals surface area contributed by atoms with E-state index in [4.69, 9.17) is 5.73 Å². The Bertz CT molecular complexity index is 1570. The van der Waals surface area contributed by atoms with Gasteiger partial charge in [-0.25, -0.2) is 9.97 Å². The number of nitrogens with one attached hydrogen (secondary N) is 1. The average molecular weight is 718 g/mol. The monoisotopic (exact) mass is 717 g/mol. The number of amides is 3. The Hall–Kier alpha value is -3.50. The zero-order chi connectivity index (χ0) is 37.6. The minimum atomic E-state index is -1.02. The van der Waals surface area contributed by atoms with E-state index in [2.05, 4.69) is 29.1 Å². The Labute approximate surface area is 308 Å². The molecule has 5 fully saturated rings. The third-order valence-electron chi connectivity index (χ3n) is 14.7. The smallest absolute Gasteiger partial charge is 0.285 e.